The monoisotopic (exact) mass is 385 g/mol. The highest BCUT2D eigenvalue weighted by Crippen LogP contribution is 2.48. The third-order valence-corrected chi connectivity index (χ3v) is 9.04. The van der Waals surface area contributed by atoms with Crippen LogP contribution in [0.25, 0.3) is 0 Å². The minimum atomic E-state index is -0.0192. The van der Waals surface area contributed by atoms with Crippen molar-refractivity contribution in [1.29, 1.82) is 5.26 Å². The molecule has 160 valence electrons. The normalized spacial score (nSPS) is 39.4. The molecule has 28 heavy (non-hydrogen) atoms. The van der Waals surface area contributed by atoms with E-state index in [0.29, 0.717) is 0 Å². The van der Waals surface area contributed by atoms with Crippen molar-refractivity contribution in [1.82, 2.24) is 0 Å². The molecule has 0 amide bonds. The zero-order valence-corrected chi connectivity index (χ0v) is 19.1. The summed E-state index contributed by atoms with van der Waals surface area (Å²) < 4.78 is 0. The van der Waals surface area contributed by atoms with Gasteiger partial charge in [0.25, 0.3) is 0 Å². The molecule has 0 spiro atoms. The molecule has 0 aliphatic heterocycles. The number of rotatable bonds is 8. The lowest BCUT2D eigenvalue weighted by Gasteiger charge is -2.42. The Morgan fingerprint density at radius 2 is 1.32 bits per heavy atom. The van der Waals surface area contributed by atoms with Crippen molar-refractivity contribution < 1.29 is 0 Å². The summed E-state index contributed by atoms with van der Waals surface area (Å²) in [5, 5.41) is 9.54. The van der Waals surface area contributed by atoms with Crippen molar-refractivity contribution in [2.24, 2.45) is 35.0 Å². The van der Waals surface area contributed by atoms with E-state index in [4.69, 9.17) is 0 Å². The molecular formula is C27H47N. The van der Waals surface area contributed by atoms with E-state index in [2.05, 4.69) is 19.9 Å². The average Bonchev–Trinajstić information content (AvgIpc) is 2.74. The molecule has 2 unspecified atom stereocenters. The van der Waals surface area contributed by atoms with Crippen LogP contribution in [-0.2, 0) is 0 Å². The standard InChI is InChI=1S/C27H47N/c1-3-4-5-6-7-9-22-11-13-23(14-12-22)24-15-17-25(18-16-24)26-10-8-19-27(2,20-26)21-28/h22-26H,3-20H2,1-2H3. The van der Waals surface area contributed by atoms with E-state index in [9.17, 15) is 5.26 Å². The lowest BCUT2D eigenvalue weighted by molar-refractivity contribution is 0.0899. The summed E-state index contributed by atoms with van der Waals surface area (Å²) >= 11 is 0. The second kappa shape index (κ2) is 11.0. The van der Waals surface area contributed by atoms with Gasteiger partial charge in [0.05, 0.1) is 11.5 Å². The summed E-state index contributed by atoms with van der Waals surface area (Å²) in [6.45, 7) is 4.53. The summed E-state index contributed by atoms with van der Waals surface area (Å²) in [5.41, 5.74) is -0.0192. The molecular weight excluding hydrogens is 338 g/mol. The first kappa shape index (κ1) is 22.2. The number of hydrogen-bond acceptors (Lipinski definition) is 1. The van der Waals surface area contributed by atoms with Gasteiger partial charge in [-0.1, -0.05) is 71.1 Å². The summed E-state index contributed by atoms with van der Waals surface area (Å²) in [5.74, 6) is 4.92. The fourth-order valence-corrected chi connectivity index (χ4v) is 7.11. The van der Waals surface area contributed by atoms with Crippen LogP contribution in [0.3, 0.4) is 0 Å². The van der Waals surface area contributed by atoms with Gasteiger partial charge < -0.3 is 0 Å². The number of nitrogens with zero attached hydrogens (tertiary/aromatic N) is 1. The van der Waals surface area contributed by atoms with Gasteiger partial charge >= 0.3 is 0 Å². The van der Waals surface area contributed by atoms with E-state index in [1.165, 1.54) is 109 Å². The summed E-state index contributed by atoms with van der Waals surface area (Å²) in [4.78, 5) is 0. The Balaban J connectivity index is 1.33. The number of unbranched alkanes of at least 4 members (excludes halogenated alkanes) is 4. The van der Waals surface area contributed by atoms with E-state index < -0.39 is 0 Å². The molecule has 0 aromatic heterocycles. The largest absolute Gasteiger partial charge is 0.198 e. The minimum Gasteiger partial charge on any atom is -0.198 e. The number of nitriles is 1. The van der Waals surface area contributed by atoms with E-state index in [1.807, 2.05) is 0 Å². The van der Waals surface area contributed by atoms with Gasteiger partial charge in [0.2, 0.25) is 0 Å². The average molecular weight is 386 g/mol. The predicted molar refractivity (Wildman–Crippen MR) is 120 cm³/mol. The highest BCUT2D eigenvalue weighted by molar-refractivity contribution is 5.00. The van der Waals surface area contributed by atoms with Gasteiger partial charge in [-0.2, -0.15) is 5.26 Å². The molecule has 0 heterocycles. The zero-order valence-electron chi connectivity index (χ0n) is 19.1. The summed E-state index contributed by atoms with van der Waals surface area (Å²) in [6, 6.07) is 2.64. The minimum absolute atomic E-state index is 0.0192. The molecule has 3 aliphatic rings. The van der Waals surface area contributed by atoms with Crippen LogP contribution in [0.1, 0.15) is 129 Å². The third kappa shape index (κ3) is 6.24. The molecule has 2 atom stereocenters. The van der Waals surface area contributed by atoms with Gasteiger partial charge in [-0.25, -0.2) is 0 Å². The van der Waals surface area contributed by atoms with Gasteiger partial charge in [0, 0.05) is 0 Å². The van der Waals surface area contributed by atoms with Crippen molar-refractivity contribution in [3.8, 4) is 6.07 Å². The maximum Gasteiger partial charge on any atom is 0.0686 e. The molecule has 3 saturated carbocycles. The van der Waals surface area contributed by atoms with Gasteiger partial charge in [-0.05, 0) is 87.9 Å². The fraction of sp³-hybridized carbons (Fsp3) is 0.963. The Morgan fingerprint density at radius 1 is 0.750 bits per heavy atom. The molecule has 0 saturated heterocycles. The molecule has 3 aliphatic carbocycles. The molecule has 3 fully saturated rings. The van der Waals surface area contributed by atoms with Gasteiger partial charge in [0.15, 0.2) is 0 Å². The topological polar surface area (TPSA) is 23.8 Å². The molecule has 0 N–H and O–H groups in total. The maximum atomic E-state index is 9.54. The Bertz CT molecular complexity index is 475. The first-order chi connectivity index (χ1) is 13.6. The van der Waals surface area contributed by atoms with Crippen LogP contribution in [-0.4, -0.2) is 0 Å². The van der Waals surface area contributed by atoms with E-state index in [-0.39, 0.29) is 5.41 Å². The van der Waals surface area contributed by atoms with Crippen LogP contribution >= 0.6 is 0 Å². The van der Waals surface area contributed by atoms with Crippen molar-refractivity contribution >= 4 is 0 Å². The highest BCUT2D eigenvalue weighted by Gasteiger charge is 2.38. The van der Waals surface area contributed by atoms with Gasteiger partial charge in [0.1, 0.15) is 0 Å². The summed E-state index contributed by atoms with van der Waals surface area (Å²) in [6.07, 6.45) is 25.8. The molecule has 0 radical (unpaired) electrons. The second-order valence-corrected chi connectivity index (χ2v) is 11.2. The smallest absolute Gasteiger partial charge is 0.0686 e. The lowest BCUT2D eigenvalue weighted by Crippen LogP contribution is -2.32. The first-order valence-electron chi connectivity index (χ1n) is 13.0. The molecule has 3 rings (SSSR count). The van der Waals surface area contributed by atoms with Crippen molar-refractivity contribution in [3.63, 3.8) is 0 Å². The Morgan fingerprint density at radius 3 is 1.93 bits per heavy atom. The van der Waals surface area contributed by atoms with Crippen LogP contribution in [0.2, 0.25) is 0 Å². The Hall–Kier alpha value is -0.510. The van der Waals surface area contributed by atoms with Crippen molar-refractivity contribution in [2.45, 2.75) is 129 Å². The molecule has 1 nitrogen and oxygen atoms in total. The van der Waals surface area contributed by atoms with Crippen LogP contribution in [0, 0.1) is 46.3 Å². The predicted octanol–water partition coefficient (Wildman–Crippen LogP) is 8.68. The van der Waals surface area contributed by atoms with Gasteiger partial charge in [-0.15, -0.1) is 0 Å². The van der Waals surface area contributed by atoms with Crippen LogP contribution in [0.5, 0.6) is 0 Å². The zero-order chi connectivity index (χ0) is 19.8. The fourth-order valence-electron chi connectivity index (χ4n) is 7.11. The maximum absolute atomic E-state index is 9.54. The number of hydrogen-bond donors (Lipinski definition) is 0. The highest BCUT2D eigenvalue weighted by atomic mass is 14.4. The van der Waals surface area contributed by atoms with Crippen molar-refractivity contribution in [2.75, 3.05) is 0 Å². The van der Waals surface area contributed by atoms with Crippen LogP contribution in [0.15, 0.2) is 0 Å². The van der Waals surface area contributed by atoms with E-state index in [1.54, 1.807) is 0 Å². The molecule has 0 bridgehead atoms. The second-order valence-electron chi connectivity index (χ2n) is 11.2. The van der Waals surface area contributed by atoms with Crippen molar-refractivity contribution in [3.05, 3.63) is 0 Å². The van der Waals surface area contributed by atoms with E-state index >= 15 is 0 Å². The molecule has 0 aromatic rings. The lowest BCUT2D eigenvalue weighted by atomic mass is 9.62. The van der Waals surface area contributed by atoms with Gasteiger partial charge in [-0.3, -0.25) is 0 Å². The quantitative estimate of drug-likeness (QED) is 0.383. The molecule has 1 heteroatoms. The van der Waals surface area contributed by atoms with Crippen LogP contribution < -0.4 is 0 Å². The Labute approximate surface area is 176 Å². The third-order valence-electron chi connectivity index (χ3n) is 9.04. The SMILES string of the molecule is CCCCCCCC1CCC(C2CCC(C3CCCC(C)(C#N)C3)CC2)CC1. The first-order valence-corrected chi connectivity index (χ1v) is 13.0. The summed E-state index contributed by atoms with van der Waals surface area (Å²) in [7, 11) is 0. The van der Waals surface area contributed by atoms with E-state index in [0.717, 1.165) is 36.0 Å². The molecule has 0 aromatic carbocycles. The Kier molecular flexibility index (Phi) is 8.74. The van der Waals surface area contributed by atoms with Crippen LogP contribution in [0.4, 0.5) is 0 Å².